The van der Waals surface area contributed by atoms with Crippen molar-refractivity contribution in [3.8, 4) is 5.75 Å². The molecule has 7 heteroatoms. The summed E-state index contributed by atoms with van der Waals surface area (Å²) >= 11 is 3.25. The average molecular weight is 381 g/mol. The summed E-state index contributed by atoms with van der Waals surface area (Å²) in [5.41, 5.74) is 0.601. The second-order valence-corrected chi connectivity index (χ2v) is 6.05. The molecule has 1 aromatic carbocycles. The number of hydrogen-bond donors (Lipinski definition) is 3. The van der Waals surface area contributed by atoms with E-state index in [1.165, 1.54) is 16.8 Å². The van der Waals surface area contributed by atoms with Gasteiger partial charge in [0.1, 0.15) is 12.3 Å². The number of phenols is 1. The molecule has 0 spiro atoms. The summed E-state index contributed by atoms with van der Waals surface area (Å²) in [6.07, 6.45) is 1.96. The van der Waals surface area contributed by atoms with E-state index in [-0.39, 0.29) is 30.4 Å². The van der Waals surface area contributed by atoms with Gasteiger partial charge in [-0.25, -0.2) is 0 Å². The normalized spacial score (nSPS) is 11.9. The van der Waals surface area contributed by atoms with Crippen molar-refractivity contribution in [2.24, 2.45) is 0 Å². The van der Waals surface area contributed by atoms with Crippen molar-refractivity contribution >= 4 is 21.8 Å². The summed E-state index contributed by atoms with van der Waals surface area (Å²) in [6.45, 7) is -0.343. The van der Waals surface area contributed by atoms with E-state index in [1.54, 1.807) is 30.3 Å². The van der Waals surface area contributed by atoms with Gasteiger partial charge in [0.15, 0.2) is 0 Å². The maximum absolute atomic E-state index is 12.1. The first kappa shape index (κ1) is 17.2. The fourth-order valence-corrected chi connectivity index (χ4v) is 2.51. The van der Waals surface area contributed by atoms with Gasteiger partial charge in [-0.05, 0) is 46.1 Å². The minimum absolute atomic E-state index is 0.121. The Bertz CT molecular complexity index is 728. The van der Waals surface area contributed by atoms with Crippen molar-refractivity contribution in [3.05, 3.63) is 63.0 Å². The zero-order valence-electron chi connectivity index (χ0n) is 12.3. The number of aromatic hydroxyl groups is 1. The van der Waals surface area contributed by atoms with E-state index >= 15 is 0 Å². The van der Waals surface area contributed by atoms with E-state index in [2.05, 4.69) is 21.2 Å². The van der Waals surface area contributed by atoms with E-state index in [9.17, 15) is 19.8 Å². The van der Waals surface area contributed by atoms with Gasteiger partial charge in [-0.2, -0.15) is 0 Å². The summed E-state index contributed by atoms with van der Waals surface area (Å²) in [6, 6.07) is 9.07. The van der Waals surface area contributed by atoms with Crippen LogP contribution in [0.1, 0.15) is 5.56 Å². The second-order valence-electron chi connectivity index (χ2n) is 5.13. The highest BCUT2D eigenvalue weighted by molar-refractivity contribution is 9.10. The minimum Gasteiger partial charge on any atom is -0.508 e. The monoisotopic (exact) mass is 380 g/mol. The van der Waals surface area contributed by atoms with Crippen LogP contribution >= 0.6 is 15.9 Å². The number of aromatic nitrogens is 1. The fraction of sp³-hybridized carbons (Fsp3) is 0.250. The van der Waals surface area contributed by atoms with Crippen molar-refractivity contribution < 1.29 is 15.0 Å². The van der Waals surface area contributed by atoms with Crippen LogP contribution < -0.4 is 10.9 Å². The maximum atomic E-state index is 12.1. The van der Waals surface area contributed by atoms with E-state index in [0.29, 0.717) is 10.9 Å². The van der Waals surface area contributed by atoms with Crippen LogP contribution in [-0.2, 0) is 17.8 Å². The van der Waals surface area contributed by atoms with Crippen LogP contribution in [0.25, 0.3) is 0 Å². The van der Waals surface area contributed by atoms with Gasteiger partial charge >= 0.3 is 0 Å². The Morgan fingerprint density at radius 2 is 1.91 bits per heavy atom. The Hall–Kier alpha value is -2.12. The fourth-order valence-electron chi connectivity index (χ4n) is 2.13. The van der Waals surface area contributed by atoms with Crippen LogP contribution in [0.4, 0.5) is 0 Å². The Balaban J connectivity index is 1.98. The Morgan fingerprint density at radius 1 is 1.22 bits per heavy atom. The summed E-state index contributed by atoms with van der Waals surface area (Å²) in [4.78, 5) is 23.7. The molecule has 0 radical (unpaired) electrons. The highest BCUT2D eigenvalue weighted by Gasteiger charge is 2.13. The van der Waals surface area contributed by atoms with Crippen LogP contribution in [-0.4, -0.2) is 33.3 Å². The molecule has 0 fully saturated rings. The van der Waals surface area contributed by atoms with E-state index in [1.807, 2.05) is 0 Å². The lowest BCUT2D eigenvalue weighted by molar-refractivity contribution is -0.122. The topological polar surface area (TPSA) is 91.6 Å². The van der Waals surface area contributed by atoms with Crippen LogP contribution in [0.5, 0.6) is 5.75 Å². The van der Waals surface area contributed by atoms with Crippen LogP contribution in [0, 0.1) is 0 Å². The second kappa shape index (κ2) is 7.94. The molecule has 6 nitrogen and oxygen atoms in total. The number of nitrogens with one attached hydrogen (secondary N) is 1. The number of phenolic OH excluding ortho intramolecular Hbond substituents is 1. The number of pyridine rings is 1. The molecular weight excluding hydrogens is 364 g/mol. The average Bonchev–Trinajstić information content (AvgIpc) is 2.52. The molecule has 0 saturated heterocycles. The molecular formula is C16H17BrN2O4. The predicted molar refractivity (Wildman–Crippen MR) is 89.2 cm³/mol. The molecule has 2 rings (SSSR count). The van der Waals surface area contributed by atoms with Crippen molar-refractivity contribution in [1.29, 1.82) is 0 Å². The van der Waals surface area contributed by atoms with Crippen LogP contribution in [0.3, 0.4) is 0 Å². The lowest BCUT2D eigenvalue weighted by atomic mass is 10.1. The standard InChI is InChI=1S/C16H17BrN2O4/c17-12-3-6-16(23)19(8-12)9-15(22)18-13(10-20)7-11-1-4-14(21)5-2-11/h1-6,8,13,20-21H,7,9-10H2,(H,18,22)/t13-/m0/s1. The lowest BCUT2D eigenvalue weighted by Crippen LogP contribution is -2.41. The molecule has 3 N–H and O–H groups in total. The maximum Gasteiger partial charge on any atom is 0.251 e. The van der Waals surface area contributed by atoms with Gasteiger partial charge in [0, 0.05) is 16.7 Å². The van der Waals surface area contributed by atoms with Gasteiger partial charge in [-0.3, -0.25) is 9.59 Å². The third kappa shape index (κ3) is 5.22. The van der Waals surface area contributed by atoms with Crippen molar-refractivity contribution in [1.82, 2.24) is 9.88 Å². The molecule has 1 aromatic heterocycles. The number of aliphatic hydroxyl groups excluding tert-OH is 1. The SMILES string of the molecule is O=C(Cn1cc(Br)ccc1=O)N[C@H](CO)Cc1ccc(O)cc1. The molecule has 0 unspecified atom stereocenters. The van der Waals surface area contributed by atoms with E-state index in [4.69, 9.17) is 0 Å². The third-order valence-corrected chi connectivity index (χ3v) is 3.73. The molecule has 0 saturated carbocycles. The summed E-state index contributed by atoms with van der Waals surface area (Å²) in [5.74, 6) is -0.199. The first-order chi connectivity index (χ1) is 11.0. The van der Waals surface area contributed by atoms with Gasteiger partial charge in [-0.1, -0.05) is 12.1 Å². The largest absolute Gasteiger partial charge is 0.508 e. The number of amides is 1. The van der Waals surface area contributed by atoms with Crippen molar-refractivity contribution in [2.45, 2.75) is 19.0 Å². The Morgan fingerprint density at radius 3 is 2.57 bits per heavy atom. The van der Waals surface area contributed by atoms with Gasteiger partial charge < -0.3 is 20.1 Å². The Labute approximate surface area is 141 Å². The molecule has 0 aliphatic heterocycles. The molecule has 23 heavy (non-hydrogen) atoms. The number of rotatable bonds is 6. The first-order valence-corrected chi connectivity index (χ1v) is 7.81. The van der Waals surface area contributed by atoms with Gasteiger partial charge in [-0.15, -0.1) is 0 Å². The van der Waals surface area contributed by atoms with E-state index in [0.717, 1.165) is 5.56 Å². The third-order valence-electron chi connectivity index (χ3n) is 3.27. The molecule has 0 aliphatic rings. The van der Waals surface area contributed by atoms with Gasteiger partial charge in [0.25, 0.3) is 5.56 Å². The van der Waals surface area contributed by atoms with Crippen molar-refractivity contribution in [2.75, 3.05) is 6.61 Å². The number of benzene rings is 1. The molecule has 122 valence electrons. The summed E-state index contributed by atoms with van der Waals surface area (Å²) in [7, 11) is 0. The number of hydrogen-bond acceptors (Lipinski definition) is 4. The predicted octanol–water partition coefficient (Wildman–Crippen LogP) is 1.04. The molecule has 1 amide bonds. The van der Waals surface area contributed by atoms with Crippen LogP contribution in [0.2, 0.25) is 0 Å². The summed E-state index contributed by atoms with van der Waals surface area (Å²) < 4.78 is 1.99. The number of nitrogens with zero attached hydrogens (tertiary/aromatic N) is 1. The smallest absolute Gasteiger partial charge is 0.251 e. The molecule has 1 atom stereocenters. The van der Waals surface area contributed by atoms with Gasteiger partial charge in [0.05, 0.1) is 12.6 Å². The minimum atomic E-state index is -0.463. The molecule has 0 bridgehead atoms. The van der Waals surface area contributed by atoms with Gasteiger partial charge in [0.2, 0.25) is 5.91 Å². The lowest BCUT2D eigenvalue weighted by Gasteiger charge is -2.17. The number of halogens is 1. The zero-order chi connectivity index (χ0) is 16.8. The highest BCUT2D eigenvalue weighted by Crippen LogP contribution is 2.11. The van der Waals surface area contributed by atoms with Crippen LogP contribution in [0.15, 0.2) is 51.9 Å². The molecule has 0 aliphatic carbocycles. The zero-order valence-corrected chi connectivity index (χ0v) is 13.9. The van der Waals surface area contributed by atoms with Crippen molar-refractivity contribution in [3.63, 3.8) is 0 Å². The quantitative estimate of drug-likeness (QED) is 0.697. The highest BCUT2D eigenvalue weighted by atomic mass is 79.9. The molecule has 2 aromatic rings. The Kier molecular flexibility index (Phi) is 5.95. The summed E-state index contributed by atoms with van der Waals surface area (Å²) in [5, 5.41) is 21.4. The molecule has 1 heterocycles. The van der Waals surface area contributed by atoms with E-state index < -0.39 is 6.04 Å². The number of carbonyl (C=O) groups is 1. The first-order valence-electron chi connectivity index (χ1n) is 7.02. The number of carbonyl (C=O) groups excluding carboxylic acids is 1. The number of aliphatic hydroxyl groups is 1.